The number of aryl methyl sites for hydroxylation is 2. The van der Waals surface area contributed by atoms with Crippen molar-refractivity contribution in [3.8, 4) is 45.5 Å². The molecule has 0 saturated heterocycles. The van der Waals surface area contributed by atoms with E-state index in [4.69, 9.17) is 9.72 Å². The second kappa shape index (κ2) is 14.4. The van der Waals surface area contributed by atoms with Gasteiger partial charge in [-0.3, -0.25) is 9.36 Å². The second-order valence-electron chi connectivity index (χ2n) is 10.3. The largest absolute Gasteiger partial charge is 1.00 e. The molecule has 9 heteroatoms. The van der Waals surface area contributed by atoms with Gasteiger partial charge in [0.05, 0.1) is 23.9 Å². The summed E-state index contributed by atoms with van der Waals surface area (Å²) in [5.74, 6) is 1.81. The maximum Gasteiger partial charge on any atom is 1.00 e. The van der Waals surface area contributed by atoms with Crippen molar-refractivity contribution in [3.63, 3.8) is 0 Å². The summed E-state index contributed by atoms with van der Waals surface area (Å²) in [5, 5.41) is 15.3. The van der Waals surface area contributed by atoms with E-state index in [0.717, 1.165) is 58.8 Å². The summed E-state index contributed by atoms with van der Waals surface area (Å²) in [7, 11) is 0. The Hall–Kier alpha value is -3.08. The first-order chi connectivity index (χ1) is 19.8. The van der Waals surface area contributed by atoms with Crippen molar-refractivity contribution >= 4 is 0 Å². The van der Waals surface area contributed by atoms with Crippen molar-refractivity contribution in [2.75, 3.05) is 0 Å². The minimum atomic E-state index is -0.722. The van der Waals surface area contributed by atoms with Crippen LogP contribution < -0.4 is 66.8 Å². The van der Waals surface area contributed by atoms with Crippen molar-refractivity contribution in [3.05, 3.63) is 100 Å². The van der Waals surface area contributed by atoms with Gasteiger partial charge in [0.15, 0.2) is 11.9 Å². The van der Waals surface area contributed by atoms with E-state index in [1.165, 1.54) is 0 Å². The molecule has 0 aliphatic rings. The van der Waals surface area contributed by atoms with Crippen LogP contribution in [0.3, 0.4) is 0 Å². The van der Waals surface area contributed by atoms with E-state index in [-0.39, 0.29) is 68.9 Å². The minimum Gasteiger partial charge on any atom is -0.528 e. The van der Waals surface area contributed by atoms with Crippen LogP contribution in [0.15, 0.2) is 82.1 Å². The number of unbranched alkanes of at least 4 members (excludes halogenated alkanes) is 1. The quantitative estimate of drug-likeness (QED) is 0.231. The fourth-order valence-electron chi connectivity index (χ4n) is 4.93. The fourth-order valence-corrected chi connectivity index (χ4v) is 4.93. The molecule has 3 aromatic carbocycles. The topological polar surface area (TPSA) is 106 Å². The molecule has 0 bridgehead atoms. The van der Waals surface area contributed by atoms with Gasteiger partial charge in [0.1, 0.15) is 11.6 Å². The first-order valence-corrected chi connectivity index (χ1v) is 13.9. The molecular weight excluding hydrogens is 555 g/mol. The van der Waals surface area contributed by atoms with E-state index < -0.39 is 6.08 Å². The molecule has 0 atom stereocenters. The zero-order valence-corrected chi connectivity index (χ0v) is 27.9. The third kappa shape index (κ3) is 7.27. The maximum atomic E-state index is 14.0. The van der Waals surface area contributed by atoms with Gasteiger partial charge in [0.25, 0.3) is 5.56 Å². The van der Waals surface area contributed by atoms with E-state index in [1.807, 2.05) is 93.6 Å². The molecule has 5 rings (SSSR count). The first-order valence-electron chi connectivity index (χ1n) is 13.9. The third-order valence-corrected chi connectivity index (χ3v) is 6.88. The van der Waals surface area contributed by atoms with Gasteiger partial charge in [-0.15, -0.1) is 0 Å². The molecule has 0 N–H and O–H groups in total. The van der Waals surface area contributed by atoms with Gasteiger partial charge in [-0.2, -0.15) is 5.16 Å². The number of rotatable bonds is 10. The van der Waals surface area contributed by atoms with Crippen LogP contribution in [0.4, 0.5) is 0 Å². The Labute approximate surface area is 288 Å². The van der Waals surface area contributed by atoms with Crippen LogP contribution in [0, 0.1) is 6.92 Å². The Kier molecular flexibility index (Phi) is 10.9. The van der Waals surface area contributed by atoms with Gasteiger partial charge < -0.3 is 14.4 Å². The van der Waals surface area contributed by atoms with E-state index in [2.05, 4.69) is 21.6 Å². The molecule has 0 spiro atoms. The summed E-state index contributed by atoms with van der Waals surface area (Å²) < 4.78 is 12.2. The van der Waals surface area contributed by atoms with E-state index >= 15 is 0 Å². The zero-order chi connectivity index (χ0) is 28.9. The van der Waals surface area contributed by atoms with Crippen LogP contribution >= 0.6 is 0 Å². The second-order valence-corrected chi connectivity index (χ2v) is 10.3. The molecule has 2 aromatic heterocycles. The minimum absolute atomic E-state index is 0. The third-order valence-electron chi connectivity index (χ3n) is 6.88. The first kappa shape index (κ1) is 31.8. The predicted molar refractivity (Wildman–Crippen MR) is 157 cm³/mol. The van der Waals surface area contributed by atoms with E-state index in [9.17, 15) is 9.90 Å². The molecule has 8 nitrogen and oxygen atoms in total. The number of ether oxygens (including phenoxy) is 1. The average molecular weight is 589 g/mol. The van der Waals surface area contributed by atoms with E-state index in [0.29, 0.717) is 17.7 Å². The van der Waals surface area contributed by atoms with Gasteiger partial charge in [0, 0.05) is 12.0 Å². The monoisotopic (exact) mass is 588 g/mol. The van der Waals surface area contributed by atoms with Crippen LogP contribution in [0.25, 0.3) is 33.6 Å². The van der Waals surface area contributed by atoms with Crippen molar-refractivity contribution in [2.24, 2.45) is 0 Å². The molecule has 0 amide bonds. The van der Waals surface area contributed by atoms with Crippen LogP contribution in [0.5, 0.6) is 11.8 Å². The Morgan fingerprint density at radius 3 is 2.21 bits per heavy atom. The molecule has 0 aliphatic carbocycles. The molecule has 0 radical (unpaired) electrons. The fraction of sp³-hybridized carbons (Fsp3) is 0.273. The van der Waals surface area contributed by atoms with Crippen molar-refractivity contribution in [1.82, 2.24) is 19.7 Å². The Bertz CT molecular complexity index is 1690. The van der Waals surface area contributed by atoms with Gasteiger partial charge >= 0.3 is 51.4 Å². The molecule has 2 heterocycles. The van der Waals surface area contributed by atoms with Gasteiger partial charge in [-0.05, 0) is 61.6 Å². The zero-order valence-electron chi connectivity index (χ0n) is 24.8. The van der Waals surface area contributed by atoms with Crippen LogP contribution in [-0.4, -0.2) is 25.8 Å². The normalized spacial score (nSPS) is 11.0. The standard InChI is InChI=1S/C33H34N4O4.K/c1-5-6-11-29-34-22(4)30(25-16-18-26(19-17-25)40-21(2)3)32(38)37(29)20-23-12-14-24(15-13-23)27-9-7-8-10-28(27)31-35-33(39)41-36-31;/h7-10,12-19,21H,5-6,11,20H2,1-4H3,(H,35,36,39);/q;+1/p-1. The smallest absolute Gasteiger partial charge is 0.528 e. The van der Waals surface area contributed by atoms with Gasteiger partial charge in [0.2, 0.25) is 0 Å². The Morgan fingerprint density at radius 2 is 1.60 bits per heavy atom. The maximum absolute atomic E-state index is 14.0. The summed E-state index contributed by atoms with van der Waals surface area (Å²) in [6.45, 7) is 8.41. The average Bonchev–Trinajstić information content (AvgIpc) is 3.40. The Balaban J connectivity index is 0.00000405. The summed E-state index contributed by atoms with van der Waals surface area (Å²) in [6.07, 6.45) is 2.04. The van der Waals surface area contributed by atoms with Crippen LogP contribution in [0.1, 0.15) is 50.7 Å². The van der Waals surface area contributed by atoms with Gasteiger partial charge in [-0.1, -0.05) is 74.0 Å². The number of nitrogens with zero attached hydrogens (tertiary/aromatic N) is 4. The molecule has 0 aliphatic heterocycles. The molecule has 5 aromatic rings. The predicted octanol–water partition coefficient (Wildman–Crippen LogP) is 3.19. The van der Waals surface area contributed by atoms with Crippen molar-refractivity contribution < 1.29 is 65.8 Å². The van der Waals surface area contributed by atoms with Crippen LogP contribution in [-0.2, 0) is 13.0 Å². The number of hydrogen-bond acceptors (Lipinski definition) is 7. The SMILES string of the molecule is CCCCc1nc(C)c(-c2ccc(OC(C)C)cc2)c(=O)n1Cc1ccc(-c2ccccc2-c2noc([O-])n2)cc1.[K+]. The molecule has 0 unspecified atom stereocenters. The Morgan fingerprint density at radius 1 is 0.929 bits per heavy atom. The molecule has 0 fully saturated rings. The number of benzene rings is 3. The van der Waals surface area contributed by atoms with Crippen LogP contribution in [0.2, 0.25) is 0 Å². The number of hydrogen-bond donors (Lipinski definition) is 0. The summed E-state index contributed by atoms with van der Waals surface area (Å²) >= 11 is 0. The summed E-state index contributed by atoms with van der Waals surface area (Å²) in [4.78, 5) is 22.7. The molecule has 0 saturated carbocycles. The molecular formula is C33H33KN4O4. The van der Waals surface area contributed by atoms with Gasteiger partial charge in [-0.25, -0.2) is 9.97 Å². The summed E-state index contributed by atoms with van der Waals surface area (Å²) in [5.41, 5.74) is 5.60. The number of aromatic nitrogens is 4. The van der Waals surface area contributed by atoms with Crippen molar-refractivity contribution in [1.29, 1.82) is 0 Å². The molecule has 210 valence electrons. The summed E-state index contributed by atoms with van der Waals surface area (Å²) in [6, 6.07) is 23.2. The molecule has 42 heavy (non-hydrogen) atoms. The van der Waals surface area contributed by atoms with E-state index in [1.54, 1.807) is 4.57 Å². The van der Waals surface area contributed by atoms with Crippen molar-refractivity contribution in [2.45, 2.75) is 59.6 Å².